The minimum absolute atomic E-state index is 0.664. The zero-order chi connectivity index (χ0) is 10.1. The number of hydrogen-bond acceptors (Lipinski definition) is 1. The maximum Gasteiger partial charge on any atom is 0.0104 e. The quantitative estimate of drug-likeness (QED) is 0.568. The molecule has 0 radical (unpaired) electrons. The van der Waals surface area contributed by atoms with Crippen molar-refractivity contribution >= 4 is 0 Å². The van der Waals surface area contributed by atoms with E-state index in [1.54, 1.807) is 0 Å². The zero-order valence-corrected chi connectivity index (χ0v) is 9.53. The first-order valence-corrected chi connectivity index (χ1v) is 5.64. The van der Waals surface area contributed by atoms with Crippen molar-refractivity contribution in [3.05, 3.63) is 12.2 Å². The molecule has 0 aliphatic heterocycles. The van der Waals surface area contributed by atoms with E-state index in [9.17, 15) is 0 Å². The van der Waals surface area contributed by atoms with Gasteiger partial charge in [-0.25, -0.2) is 0 Å². The summed E-state index contributed by atoms with van der Waals surface area (Å²) in [5, 5.41) is 3.52. The molecule has 1 heteroatoms. The summed E-state index contributed by atoms with van der Waals surface area (Å²) in [6, 6.07) is 0.664. The molecule has 0 aliphatic rings. The molecule has 1 nitrogen and oxygen atoms in total. The highest BCUT2D eigenvalue weighted by Gasteiger charge is 2.06. The Kier molecular flexibility index (Phi) is 8.11. The van der Waals surface area contributed by atoms with Gasteiger partial charge in [0.2, 0.25) is 0 Å². The second-order valence-electron chi connectivity index (χ2n) is 3.70. The summed E-state index contributed by atoms with van der Waals surface area (Å²) in [5.74, 6) is 0. The second-order valence-corrected chi connectivity index (χ2v) is 3.70. The third kappa shape index (κ3) is 6.83. The smallest absolute Gasteiger partial charge is 0.0104 e. The molecule has 0 spiro atoms. The molecule has 0 heterocycles. The highest BCUT2D eigenvalue weighted by atomic mass is 14.9. The van der Waals surface area contributed by atoms with Gasteiger partial charge in [0.25, 0.3) is 0 Å². The lowest BCUT2D eigenvalue weighted by atomic mass is 10.0. The first-order chi connectivity index (χ1) is 6.24. The summed E-state index contributed by atoms with van der Waals surface area (Å²) in [5.41, 5.74) is 1.38. The van der Waals surface area contributed by atoms with Crippen LogP contribution in [0.5, 0.6) is 0 Å². The molecule has 1 N–H and O–H groups in total. The van der Waals surface area contributed by atoms with E-state index in [0.29, 0.717) is 6.04 Å². The van der Waals surface area contributed by atoms with E-state index in [1.165, 1.54) is 24.8 Å². The number of nitrogens with one attached hydrogen (secondary N) is 1. The SMILES string of the molecule is C=C(CC)CC(CCCC)NCC. The van der Waals surface area contributed by atoms with Gasteiger partial charge in [-0.2, -0.15) is 0 Å². The molecular weight excluding hydrogens is 158 g/mol. The van der Waals surface area contributed by atoms with Gasteiger partial charge in [-0.1, -0.05) is 45.8 Å². The van der Waals surface area contributed by atoms with E-state index in [2.05, 4.69) is 32.7 Å². The van der Waals surface area contributed by atoms with Crippen LogP contribution in [-0.2, 0) is 0 Å². The lowest BCUT2D eigenvalue weighted by molar-refractivity contribution is 0.469. The fraction of sp³-hybridized carbons (Fsp3) is 0.833. The van der Waals surface area contributed by atoms with Crippen LogP contribution in [0.3, 0.4) is 0 Å². The molecule has 0 saturated carbocycles. The fourth-order valence-corrected chi connectivity index (χ4v) is 1.51. The first kappa shape index (κ1) is 12.7. The molecule has 0 fully saturated rings. The lowest BCUT2D eigenvalue weighted by Crippen LogP contribution is -2.29. The highest BCUT2D eigenvalue weighted by Crippen LogP contribution is 2.12. The lowest BCUT2D eigenvalue weighted by Gasteiger charge is -2.18. The Morgan fingerprint density at radius 1 is 1.31 bits per heavy atom. The topological polar surface area (TPSA) is 12.0 Å². The Balaban J connectivity index is 3.71. The van der Waals surface area contributed by atoms with Gasteiger partial charge in [0.05, 0.1) is 0 Å². The van der Waals surface area contributed by atoms with Gasteiger partial charge in [0.15, 0.2) is 0 Å². The van der Waals surface area contributed by atoms with E-state index in [0.717, 1.165) is 19.4 Å². The molecule has 0 saturated heterocycles. The van der Waals surface area contributed by atoms with Crippen LogP contribution >= 0.6 is 0 Å². The largest absolute Gasteiger partial charge is 0.314 e. The summed E-state index contributed by atoms with van der Waals surface area (Å²) < 4.78 is 0. The molecule has 0 amide bonds. The van der Waals surface area contributed by atoms with E-state index in [-0.39, 0.29) is 0 Å². The molecule has 1 atom stereocenters. The van der Waals surface area contributed by atoms with E-state index in [1.807, 2.05) is 0 Å². The molecule has 0 aromatic carbocycles. The summed E-state index contributed by atoms with van der Waals surface area (Å²) >= 11 is 0. The predicted molar refractivity (Wildman–Crippen MR) is 61.0 cm³/mol. The van der Waals surface area contributed by atoms with E-state index in [4.69, 9.17) is 0 Å². The molecule has 1 unspecified atom stereocenters. The Morgan fingerprint density at radius 2 is 2.00 bits per heavy atom. The Labute approximate surface area is 83.6 Å². The van der Waals surface area contributed by atoms with Crippen molar-refractivity contribution in [1.82, 2.24) is 5.32 Å². The average molecular weight is 183 g/mol. The average Bonchev–Trinajstić information content (AvgIpc) is 2.14. The van der Waals surface area contributed by atoms with Crippen molar-refractivity contribution in [2.75, 3.05) is 6.54 Å². The molecule has 0 aliphatic carbocycles. The molecule has 0 bridgehead atoms. The van der Waals surface area contributed by atoms with Gasteiger partial charge in [0.1, 0.15) is 0 Å². The minimum atomic E-state index is 0.664. The van der Waals surface area contributed by atoms with Crippen LogP contribution in [0.1, 0.15) is 52.9 Å². The minimum Gasteiger partial charge on any atom is -0.314 e. The third-order valence-corrected chi connectivity index (χ3v) is 2.43. The van der Waals surface area contributed by atoms with Gasteiger partial charge in [-0.3, -0.25) is 0 Å². The molecular formula is C12H25N. The summed E-state index contributed by atoms with van der Waals surface area (Å²) in [4.78, 5) is 0. The van der Waals surface area contributed by atoms with Crippen LogP contribution in [0.4, 0.5) is 0 Å². The van der Waals surface area contributed by atoms with E-state index >= 15 is 0 Å². The van der Waals surface area contributed by atoms with Gasteiger partial charge >= 0.3 is 0 Å². The summed E-state index contributed by atoms with van der Waals surface area (Å²) in [6.07, 6.45) is 6.19. The fourth-order valence-electron chi connectivity index (χ4n) is 1.51. The summed E-state index contributed by atoms with van der Waals surface area (Å²) in [7, 11) is 0. The van der Waals surface area contributed by atoms with Crippen LogP contribution in [0.15, 0.2) is 12.2 Å². The number of unbranched alkanes of at least 4 members (excludes halogenated alkanes) is 1. The van der Waals surface area contributed by atoms with Crippen molar-refractivity contribution in [1.29, 1.82) is 0 Å². The molecule has 0 aromatic rings. The van der Waals surface area contributed by atoms with Crippen LogP contribution < -0.4 is 5.32 Å². The molecule has 13 heavy (non-hydrogen) atoms. The Hall–Kier alpha value is -0.300. The number of rotatable bonds is 8. The van der Waals surface area contributed by atoms with Gasteiger partial charge < -0.3 is 5.32 Å². The normalized spacial score (nSPS) is 12.8. The van der Waals surface area contributed by atoms with Gasteiger partial charge in [-0.05, 0) is 25.8 Å². The predicted octanol–water partition coefficient (Wildman–Crippen LogP) is 3.51. The molecule has 78 valence electrons. The monoisotopic (exact) mass is 183 g/mol. The Morgan fingerprint density at radius 3 is 2.46 bits per heavy atom. The van der Waals surface area contributed by atoms with Crippen molar-refractivity contribution in [3.63, 3.8) is 0 Å². The highest BCUT2D eigenvalue weighted by molar-refractivity contribution is 4.96. The van der Waals surface area contributed by atoms with Crippen molar-refractivity contribution < 1.29 is 0 Å². The van der Waals surface area contributed by atoms with Crippen LogP contribution in [0, 0.1) is 0 Å². The number of hydrogen-bond donors (Lipinski definition) is 1. The van der Waals surface area contributed by atoms with E-state index < -0.39 is 0 Å². The second kappa shape index (κ2) is 8.31. The van der Waals surface area contributed by atoms with Crippen LogP contribution in [-0.4, -0.2) is 12.6 Å². The third-order valence-electron chi connectivity index (χ3n) is 2.43. The van der Waals surface area contributed by atoms with Crippen molar-refractivity contribution in [2.45, 2.75) is 58.9 Å². The molecule has 0 aromatic heterocycles. The maximum absolute atomic E-state index is 4.06. The Bertz CT molecular complexity index is 129. The van der Waals surface area contributed by atoms with Crippen LogP contribution in [0.2, 0.25) is 0 Å². The standard InChI is InChI=1S/C12H25N/c1-5-8-9-12(13-7-3)10-11(4)6-2/h12-13H,4-10H2,1-3H3. The summed E-state index contributed by atoms with van der Waals surface area (Å²) in [6.45, 7) is 11.7. The zero-order valence-electron chi connectivity index (χ0n) is 9.53. The molecule has 0 rings (SSSR count). The van der Waals surface area contributed by atoms with Crippen molar-refractivity contribution in [3.8, 4) is 0 Å². The van der Waals surface area contributed by atoms with Crippen molar-refractivity contribution in [2.24, 2.45) is 0 Å². The maximum atomic E-state index is 4.06. The first-order valence-electron chi connectivity index (χ1n) is 5.64. The van der Waals surface area contributed by atoms with Gasteiger partial charge in [-0.15, -0.1) is 0 Å². The van der Waals surface area contributed by atoms with Crippen LogP contribution in [0.25, 0.3) is 0 Å². The van der Waals surface area contributed by atoms with Gasteiger partial charge in [0, 0.05) is 6.04 Å².